The third-order valence-electron chi connectivity index (χ3n) is 3.07. The molecule has 1 unspecified atom stereocenters. The van der Waals surface area contributed by atoms with Crippen LogP contribution in [0, 0.1) is 5.92 Å². The molecule has 0 bridgehead atoms. The third-order valence-corrected chi connectivity index (χ3v) is 3.51. The normalized spacial score (nSPS) is 13.4. The number of hydrogen-bond acceptors (Lipinski definition) is 2. The van der Waals surface area contributed by atoms with E-state index in [0.29, 0.717) is 5.92 Å². The maximum absolute atomic E-state index is 6.30. The first-order chi connectivity index (χ1) is 7.95. The molecule has 0 aromatic carbocycles. The van der Waals surface area contributed by atoms with Crippen molar-refractivity contribution < 1.29 is 0 Å². The number of halogens is 1. The zero-order chi connectivity index (χ0) is 13.0. The summed E-state index contributed by atoms with van der Waals surface area (Å²) >= 11 is 6.30. The molecule has 0 aliphatic heterocycles. The summed E-state index contributed by atoms with van der Waals surface area (Å²) in [6, 6.07) is 0.176. The molecule has 0 aliphatic carbocycles. The van der Waals surface area contributed by atoms with Gasteiger partial charge in [0.25, 0.3) is 0 Å². The highest BCUT2D eigenvalue weighted by Gasteiger charge is 2.15. The van der Waals surface area contributed by atoms with Crippen LogP contribution in [0.5, 0.6) is 0 Å². The minimum absolute atomic E-state index is 0.176. The van der Waals surface area contributed by atoms with Gasteiger partial charge in [0.05, 0.1) is 16.4 Å². The third kappa shape index (κ3) is 4.00. The highest BCUT2D eigenvalue weighted by molar-refractivity contribution is 6.31. The van der Waals surface area contributed by atoms with Crippen molar-refractivity contribution in [1.82, 2.24) is 9.78 Å². The van der Waals surface area contributed by atoms with Gasteiger partial charge in [0, 0.05) is 19.5 Å². The van der Waals surface area contributed by atoms with E-state index in [1.807, 2.05) is 11.7 Å². The second-order valence-corrected chi connectivity index (χ2v) is 5.50. The Bertz CT molecular complexity index is 358. The molecular formula is C13H24ClN3. The van der Waals surface area contributed by atoms with E-state index in [-0.39, 0.29) is 6.04 Å². The molecule has 1 rings (SSSR count). The molecule has 4 heteroatoms. The Labute approximate surface area is 109 Å². The van der Waals surface area contributed by atoms with E-state index in [4.69, 9.17) is 17.3 Å². The topological polar surface area (TPSA) is 43.8 Å². The van der Waals surface area contributed by atoms with Crippen LogP contribution in [0.2, 0.25) is 5.02 Å². The monoisotopic (exact) mass is 257 g/mol. The number of nitrogens with two attached hydrogens (primary N) is 1. The van der Waals surface area contributed by atoms with Crippen molar-refractivity contribution in [2.45, 2.75) is 52.5 Å². The average molecular weight is 258 g/mol. The zero-order valence-corrected chi connectivity index (χ0v) is 12.1. The van der Waals surface area contributed by atoms with Gasteiger partial charge in [0.15, 0.2) is 0 Å². The summed E-state index contributed by atoms with van der Waals surface area (Å²) in [6.07, 6.45) is 3.89. The molecule has 0 fully saturated rings. The minimum atomic E-state index is 0.176. The molecule has 1 aromatic rings. The summed E-state index contributed by atoms with van der Waals surface area (Å²) in [5.41, 5.74) is 8.18. The van der Waals surface area contributed by atoms with Gasteiger partial charge in [-0.15, -0.1) is 0 Å². The maximum Gasteiger partial charge on any atom is 0.0850 e. The number of hydrogen-bond donors (Lipinski definition) is 1. The summed E-state index contributed by atoms with van der Waals surface area (Å²) in [7, 11) is 1.94. The second-order valence-electron chi connectivity index (χ2n) is 5.12. The smallest absolute Gasteiger partial charge is 0.0850 e. The fourth-order valence-corrected chi connectivity index (χ4v) is 2.31. The molecule has 0 saturated heterocycles. The SMILES string of the molecule is CCc1nn(C)c(CC(N)CCC(C)C)c1Cl. The van der Waals surface area contributed by atoms with Crippen molar-refractivity contribution in [2.75, 3.05) is 0 Å². The van der Waals surface area contributed by atoms with Crippen molar-refractivity contribution in [3.8, 4) is 0 Å². The highest BCUT2D eigenvalue weighted by Crippen LogP contribution is 2.22. The number of aromatic nitrogens is 2. The molecule has 0 spiro atoms. The number of nitrogens with zero attached hydrogens (tertiary/aromatic N) is 2. The molecular weight excluding hydrogens is 234 g/mol. The summed E-state index contributed by atoms with van der Waals surface area (Å²) < 4.78 is 1.87. The van der Waals surface area contributed by atoms with E-state index < -0.39 is 0 Å². The molecule has 0 aliphatic rings. The summed E-state index contributed by atoms with van der Waals surface area (Å²) in [4.78, 5) is 0. The van der Waals surface area contributed by atoms with Gasteiger partial charge in [-0.1, -0.05) is 32.4 Å². The lowest BCUT2D eigenvalue weighted by Crippen LogP contribution is -2.24. The molecule has 0 radical (unpaired) electrons. The fourth-order valence-electron chi connectivity index (χ4n) is 1.94. The predicted octanol–water partition coefficient (Wildman–Crippen LogP) is 2.94. The van der Waals surface area contributed by atoms with E-state index in [1.54, 1.807) is 0 Å². The largest absolute Gasteiger partial charge is 0.327 e. The van der Waals surface area contributed by atoms with Crippen LogP contribution in [-0.4, -0.2) is 15.8 Å². The van der Waals surface area contributed by atoms with Gasteiger partial charge in [0.2, 0.25) is 0 Å². The average Bonchev–Trinajstić information content (AvgIpc) is 2.53. The Morgan fingerprint density at radius 1 is 1.35 bits per heavy atom. The standard InChI is InChI=1S/C13H24ClN3/c1-5-11-13(14)12(17(4)16-11)8-10(15)7-6-9(2)3/h9-10H,5-8,15H2,1-4H3. The fraction of sp³-hybridized carbons (Fsp3) is 0.769. The van der Waals surface area contributed by atoms with Crippen LogP contribution in [0.25, 0.3) is 0 Å². The van der Waals surface area contributed by atoms with Crippen molar-refractivity contribution in [3.05, 3.63) is 16.4 Å². The molecule has 1 heterocycles. The van der Waals surface area contributed by atoms with Gasteiger partial charge in [-0.05, 0) is 25.2 Å². The highest BCUT2D eigenvalue weighted by atomic mass is 35.5. The molecule has 2 N–H and O–H groups in total. The minimum Gasteiger partial charge on any atom is -0.327 e. The Morgan fingerprint density at radius 2 is 2.00 bits per heavy atom. The van der Waals surface area contributed by atoms with E-state index in [2.05, 4.69) is 25.9 Å². The quantitative estimate of drug-likeness (QED) is 0.852. The summed E-state index contributed by atoms with van der Waals surface area (Å²) in [5.74, 6) is 0.703. The first kappa shape index (κ1) is 14.5. The number of aryl methyl sites for hydroxylation is 2. The Hall–Kier alpha value is -0.540. The van der Waals surface area contributed by atoms with Gasteiger partial charge in [-0.25, -0.2) is 0 Å². The zero-order valence-electron chi connectivity index (χ0n) is 11.3. The van der Waals surface area contributed by atoms with Crippen molar-refractivity contribution >= 4 is 11.6 Å². The Balaban J connectivity index is 2.64. The van der Waals surface area contributed by atoms with Gasteiger partial charge in [-0.3, -0.25) is 4.68 Å². The van der Waals surface area contributed by atoms with Crippen molar-refractivity contribution in [3.63, 3.8) is 0 Å². The van der Waals surface area contributed by atoms with Crippen LogP contribution in [-0.2, 0) is 19.9 Å². The number of rotatable bonds is 6. The van der Waals surface area contributed by atoms with E-state index in [0.717, 1.165) is 42.1 Å². The van der Waals surface area contributed by atoms with Gasteiger partial charge in [0.1, 0.15) is 0 Å². The van der Waals surface area contributed by atoms with Crippen LogP contribution < -0.4 is 5.73 Å². The predicted molar refractivity (Wildman–Crippen MR) is 73.3 cm³/mol. The van der Waals surface area contributed by atoms with Crippen LogP contribution in [0.15, 0.2) is 0 Å². The summed E-state index contributed by atoms with van der Waals surface area (Å²) in [5, 5.41) is 5.21. The maximum atomic E-state index is 6.30. The Kier molecular flexibility index (Phi) is 5.47. The molecule has 0 saturated carbocycles. The lowest BCUT2D eigenvalue weighted by atomic mass is 10.0. The first-order valence-corrected chi connectivity index (χ1v) is 6.79. The lowest BCUT2D eigenvalue weighted by Gasteiger charge is -2.13. The molecule has 0 amide bonds. The van der Waals surface area contributed by atoms with Crippen LogP contribution >= 0.6 is 11.6 Å². The lowest BCUT2D eigenvalue weighted by molar-refractivity contribution is 0.487. The van der Waals surface area contributed by atoms with Crippen molar-refractivity contribution in [2.24, 2.45) is 18.7 Å². The molecule has 1 aromatic heterocycles. The van der Waals surface area contributed by atoms with E-state index in [9.17, 15) is 0 Å². The molecule has 1 atom stereocenters. The van der Waals surface area contributed by atoms with Crippen LogP contribution in [0.4, 0.5) is 0 Å². The molecule has 17 heavy (non-hydrogen) atoms. The van der Waals surface area contributed by atoms with Crippen LogP contribution in [0.3, 0.4) is 0 Å². The van der Waals surface area contributed by atoms with E-state index in [1.165, 1.54) is 0 Å². The van der Waals surface area contributed by atoms with E-state index >= 15 is 0 Å². The molecule has 3 nitrogen and oxygen atoms in total. The summed E-state index contributed by atoms with van der Waals surface area (Å²) in [6.45, 7) is 6.51. The van der Waals surface area contributed by atoms with Crippen LogP contribution in [0.1, 0.15) is 45.0 Å². The van der Waals surface area contributed by atoms with Gasteiger partial charge >= 0.3 is 0 Å². The van der Waals surface area contributed by atoms with Crippen molar-refractivity contribution in [1.29, 1.82) is 0 Å². The van der Waals surface area contributed by atoms with Gasteiger partial charge < -0.3 is 5.73 Å². The Morgan fingerprint density at radius 3 is 2.47 bits per heavy atom. The second kappa shape index (κ2) is 6.41. The van der Waals surface area contributed by atoms with Gasteiger partial charge in [-0.2, -0.15) is 5.10 Å². The first-order valence-electron chi connectivity index (χ1n) is 6.41. The molecule has 98 valence electrons.